The number of nitrogens with zero attached hydrogens (tertiary/aromatic N) is 1. The van der Waals surface area contributed by atoms with Gasteiger partial charge in [-0.15, -0.1) is 30.4 Å². The summed E-state index contributed by atoms with van der Waals surface area (Å²) in [7, 11) is 0. The van der Waals surface area contributed by atoms with Crippen molar-refractivity contribution in [1.82, 2.24) is 10.6 Å². The zero-order valence-electron chi connectivity index (χ0n) is 12.7. The van der Waals surface area contributed by atoms with Gasteiger partial charge in [-0.25, -0.2) is 0 Å². The molecule has 0 heterocycles. The fraction of sp³-hybridized carbons (Fsp3) is 0.438. The molecule has 0 atom stereocenters. The minimum Gasteiger partial charge on any atom is -0.357 e. The Morgan fingerprint density at radius 3 is 2.43 bits per heavy atom. The van der Waals surface area contributed by atoms with Gasteiger partial charge in [0.1, 0.15) is 0 Å². The minimum atomic E-state index is -0.0664. The molecule has 3 nitrogen and oxygen atoms in total. The Labute approximate surface area is 150 Å². The summed E-state index contributed by atoms with van der Waals surface area (Å²) in [6, 6.07) is 7.90. The monoisotopic (exact) mass is 419 g/mol. The second kappa shape index (κ2) is 9.91. The number of halogens is 2. The molecule has 0 saturated heterocycles. The summed E-state index contributed by atoms with van der Waals surface area (Å²) in [5, 5.41) is 7.01. The summed E-state index contributed by atoms with van der Waals surface area (Å²) in [6.07, 6.45) is 5.25. The number of hydrogen-bond donors (Lipinski definition) is 2. The highest BCUT2D eigenvalue weighted by Gasteiger charge is 2.20. The van der Waals surface area contributed by atoms with Gasteiger partial charge in [-0.05, 0) is 24.6 Å². The van der Waals surface area contributed by atoms with E-state index in [1.165, 1.54) is 5.56 Å². The molecule has 0 aliphatic rings. The van der Waals surface area contributed by atoms with Crippen LogP contribution in [0, 0.1) is 12.3 Å². The number of rotatable bonds is 5. The van der Waals surface area contributed by atoms with Crippen molar-refractivity contribution in [2.24, 2.45) is 4.99 Å². The zero-order valence-corrected chi connectivity index (χ0v) is 15.8. The van der Waals surface area contributed by atoms with Crippen molar-refractivity contribution in [3.05, 3.63) is 34.9 Å². The van der Waals surface area contributed by atoms with Crippen molar-refractivity contribution in [1.29, 1.82) is 0 Å². The fourth-order valence-electron chi connectivity index (χ4n) is 1.75. The van der Waals surface area contributed by atoms with E-state index < -0.39 is 0 Å². The van der Waals surface area contributed by atoms with Gasteiger partial charge >= 0.3 is 0 Å². The van der Waals surface area contributed by atoms with Crippen molar-refractivity contribution >= 4 is 41.5 Å². The maximum atomic E-state index is 5.92. The molecule has 2 N–H and O–H groups in total. The van der Waals surface area contributed by atoms with Crippen LogP contribution < -0.4 is 10.6 Å². The van der Waals surface area contributed by atoms with E-state index in [0.717, 1.165) is 17.5 Å². The molecule has 1 aromatic carbocycles. The van der Waals surface area contributed by atoms with Crippen molar-refractivity contribution in [2.75, 3.05) is 19.6 Å². The molecule has 21 heavy (non-hydrogen) atoms. The first-order valence-electron chi connectivity index (χ1n) is 6.71. The van der Waals surface area contributed by atoms with E-state index in [0.29, 0.717) is 13.1 Å². The summed E-state index contributed by atoms with van der Waals surface area (Å²) in [4.78, 5) is 4.59. The van der Waals surface area contributed by atoms with Crippen LogP contribution in [0.25, 0.3) is 0 Å². The van der Waals surface area contributed by atoms with Gasteiger partial charge in [-0.1, -0.05) is 43.5 Å². The number of aliphatic imine (C=N–C) groups is 1. The molecular weight excluding hydrogens is 397 g/mol. The molecule has 0 spiro atoms. The third-order valence-electron chi connectivity index (χ3n) is 2.96. The number of benzene rings is 1. The number of guanidine groups is 1. The first kappa shape index (κ1) is 20.1. The molecular formula is C16H23ClIN3. The molecule has 5 heteroatoms. The lowest BCUT2D eigenvalue weighted by Gasteiger charge is -2.24. The van der Waals surface area contributed by atoms with Gasteiger partial charge in [0.15, 0.2) is 5.96 Å². The van der Waals surface area contributed by atoms with E-state index in [2.05, 4.69) is 35.4 Å². The Bertz CT molecular complexity index is 489. The highest BCUT2D eigenvalue weighted by atomic mass is 127. The van der Waals surface area contributed by atoms with Crippen LogP contribution in [-0.4, -0.2) is 25.6 Å². The summed E-state index contributed by atoms with van der Waals surface area (Å²) in [5.41, 5.74) is 1.14. The Hall–Kier alpha value is -0.930. The fourth-order valence-corrected chi connectivity index (χ4v) is 1.87. The van der Waals surface area contributed by atoms with Crippen LogP contribution >= 0.6 is 35.6 Å². The van der Waals surface area contributed by atoms with E-state index in [9.17, 15) is 0 Å². The maximum absolute atomic E-state index is 5.92. The molecule has 0 fully saturated rings. The van der Waals surface area contributed by atoms with Gasteiger partial charge in [0.25, 0.3) is 0 Å². The molecule has 0 aliphatic carbocycles. The van der Waals surface area contributed by atoms with E-state index in [4.69, 9.17) is 18.0 Å². The normalized spacial score (nSPS) is 11.3. The standard InChI is InChI=1S/C16H22ClN3.HI/c1-5-11-19-15(18-6-2)20-12-16(3,4)13-7-9-14(17)10-8-13;/h1,7-10H,6,11-12H2,2-4H3,(H2,18,19,20);1H. The Morgan fingerprint density at radius 1 is 1.29 bits per heavy atom. The van der Waals surface area contributed by atoms with Gasteiger partial charge in [0.05, 0.1) is 13.1 Å². The topological polar surface area (TPSA) is 36.4 Å². The molecule has 116 valence electrons. The molecule has 0 saturated carbocycles. The second-order valence-corrected chi connectivity index (χ2v) is 5.58. The lowest BCUT2D eigenvalue weighted by molar-refractivity contribution is 0.538. The highest BCUT2D eigenvalue weighted by Crippen LogP contribution is 2.24. The van der Waals surface area contributed by atoms with Crippen molar-refractivity contribution in [2.45, 2.75) is 26.2 Å². The average molecular weight is 420 g/mol. The lowest BCUT2D eigenvalue weighted by Crippen LogP contribution is -2.38. The largest absolute Gasteiger partial charge is 0.357 e. The SMILES string of the molecule is C#CCNC(=NCC(C)(C)c1ccc(Cl)cc1)NCC.I. The average Bonchev–Trinajstić information content (AvgIpc) is 2.42. The van der Waals surface area contributed by atoms with Crippen LogP contribution in [0.3, 0.4) is 0 Å². The molecule has 1 aromatic rings. The predicted octanol–water partition coefficient (Wildman–Crippen LogP) is 3.42. The summed E-state index contributed by atoms with van der Waals surface area (Å²) in [6.45, 7) is 8.27. The molecule has 0 aliphatic heterocycles. The Morgan fingerprint density at radius 2 is 1.90 bits per heavy atom. The second-order valence-electron chi connectivity index (χ2n) is 5.14. The van der Waals surface area contributed by atoms with Gasteiger partial charge in [0.2, 0.25) is 0 Å². The zero-order chi connectivity index (χ0) is 15.0. The maximum Gasteiger partial charge on any atom is 0.192 e. The Balaban J connectivity index is 0.00000400. The van der Waals surface area contributed by atoms with E-state index in [-0.39, 0.29) is 29.4 Å². The number of hydrogen-bond acceptors (Lipinski definition) is 1. The minimum absolute atomic E-state index is 0. The summed E-state index contributed by atoms with van der Waals surface area (Å²) < 4.78 is 0. The predicted molar refractivity (Wildman–Crippen MR) is 103 cm³/mol. The quantitative estimate of drug-likeness (QED) is 0.332. The molecule has 1 rings (SSSR count). The molecule has 0 aromatic heterocycles. The van der Waals surface area contributed by atoms with Crippen LogP contribution in [0.1, 0.15) is 26.3 Å². The lowest BCUT2D eigenvalue weighted by atomic mass is 9.85. The molecule has 0 unspecified atom stereocenters. The first-order chi connectivity index (χ1) is 9.49. The number of nitrogens with one attached hydrogen (secondary N) is 2. The first-order valence-corrected chi connectivity index (χ1v) is 7.09. The van der Waals surface area contributed by atoms with Gasteiger partial charge in [0, 0.05) is 17.0 Å². The Kier molecular flexibility index (Phi) is 9.47. The molecule has 0 bridgehead atoms. The van der Waals surface area contributed by atoms with E-state index in [1.54, 1.807) is 0 Å². The molecule has 0 amide bonds. The van der Waals surface area contributed by atoms with Crippen molar-refractivity contribution < 1.29 is 0 Å². The summed E-state index contributed by atoms with van der Waals surface area (Å²) in [5.74, 6) is 3.29. The van der Waals surface area contributed by atoms with Crippen molar-refractivity contribution in [3.8, 4) is 12.3 Å². The van der Waals surface area contributed by atoms with Crippen LogP contribution in [0.2, 0.25) is 5.02 Å². The number of terminal acetylenes is 1. The third kappa shape index (κ3) is 7.05. The van der Waals surface area contributed by atoms with Gasteiger partial charge in [-0.3, -0.25) is 4.99 Å². The van der Waals surface area contributed by atoms with Crippen LogP contribution in [0.15, 0.2) is 29.3 Å². The molecule has 0 radical (unpaired) electrons. The van der Waals surface area contributed by atoms with Crippen LogP contribution in [0.5, 0.6) is 0 Å². The van der Waals surface area contributed by atoms with E-state index in [1.807, 2.05) is 31.2 Å². The smallest absolute Gasteiger partial charge is 0.192 e. The van der Waals surface area contributed by atoms with Crippen molar-refractivity contribution in [3.63, 3.8) is 0 Å². The summed E-state index contributed by atoms with van der Waals surface area (Å²) >= 11 is 5.92. The van der Waals surface area contributed by atoms with E-state index >= 15 is 0 Å². The van der Waals surface area contributed by atoms with Crippen LogP contribution in [-0.2, 0) is 5.41 Å². The van der Waals surface area contributed by atoms with Crippen LogP contribution in [0.4, 0.5) is 0 Å². The highest BCUT2D eigenvalue weighted by molar-refractivity contribution is 14.0. The van der Waals surface area contributed by atoms with Gasteiger partial charge in [-0.2, -0.15) is 0 Å². The third-order valence-corrected chi connectivity index (χ3v) is 3.21. The van der Waals surface area contributed by atoms with Gasteiger partial charge < -0.3 is 10.6 Å².